The summed E-state index contributed by atoms with van der Waals surface area (Å²) >= 11 is 0. The van der Waals surface area contributed by atoms with E-state index in [1.54, 1.807) is 0 Å². The van der Waals surface area contributed by atoms with Crippen LogP contribution < -0.4 is 5.32 Å². The number of anilines is 1. The predicted molar refractivity (Wildman–Crippen MR) is 51.0 cm³/mol. The molecular formula is C10H12N2. The van der Waals surface area contributed by atoms with E-state index in [1.165, 1.54) is 19.1 Å². The van der Waals surface area contributed by atoms with E-state index in [2.05, 4.69) is 5.32 Å². The lowest BCUT2D eigenvalue weighted by atomic mass is 10.2. The van der Waals surface area contributed by atoms with E-state index in [9.17, 15) is 0 Å². The molecule has 0 radical (unpaired) electrons. The summed E-state index contributed by atoms with van der Waals surface area (Å²) in [5, 5.41) is 10.6. The molecule has 0 amide bonds. The zero-order valence-electron chi connectivity index (χ0n) is 6.88. The average molecular weight is 160 g/mol. The normalized spacial score (nSPS) is 15.7. The maximum absolute atomic E-state index is 7.18. The second-order valence-electron chi connectivity index (χ2n) is 3.15. The molecule has 0 unspecified atom stereocenters. The highest BCUT2D eigenvalue weighted by atomic mass is 15.0. The van der Waals surface area contributed by atoms with Crippen LogP contribution >= 0.6 is 0 Å². The maximum atomic E-state index is 7.18. The number of rotatable bonds is 3. The molecule has 1 aromatic rings. The fraction of sp³-hybridized carbons (Fsp3) is 0.300. The minimum Gasteiger partial charge on any atom is -0.382 e. The summed E-state index contributed by atoms with van der Waals surface area (Å²) in [5.41, 5.74) is 2.07. The van der Waals surface area contributed by atoms with Crippen LogP contribution in [0.4, 0.5) is 5.69 Å². The molecule has 0 aliphatic heterocycles. The lowest BCUT2D eigenvalue weighted by Crippen LogP contribution is -2.03. The van der Waals surface area contributed by atoms with Crippen LogP contribution in [0.15, 0.2) is 24.3 Å². The van der Waals surface area contributed by atoms with Crippen LogP contribution in [0.25, 0.3) is 0 Å². The van der Waals surface area contributed by atoms with Gasteiger partial charge >= 0.3 is 0 Å². The van der Waals surface area contributed by atoms with E-state index >= 15 is 0 Å². The second kappa shape index (κ2) is 2.97. The summed E-state index contributed by atoms with van der Waals surface area (Å²) in [6.45, 7) is 0. The molecule has 1 aliphatic carbocycles. The van der Waals surface area contributed by atoms with E-state index in [1.807, 2.05) is 24.3 Å². The maximum Gasteiger partial charge on any atom is 0.0431 e. The molecular weight excluding hydrogens is 148 g/mol. The lowest BCUT2D eigenvalue weighted by Gasteiger charge is -2.06. The highest BCUT2D eigenvalue weighted by Gasteiger charge is 2.21. The van der Waals surface area contributed by atoms with Crippen molar-refractivity contribution in [3.63, 3.8) is 0 Å². The van der Waals surface area contributed by atoms with Crippen molar-refractivity contribution in [2.45, 2.75) is 18.9 Å². The zero-order valence-corrected chi connectivity index (χ0v) is 6.88. The number of benzene rings is 1. The summed E-state index contributed by atoms with van der Waals surface area (Å²) in [7, 11) is 0. The third kappa shape index (κ3) is 1.47. The van der Waals surface area contributed by atoms with Crippen LogP contribution in [0, 0.1) is 5.41 Å². The van der Waals surface area contributed by atoms with Crippen molar-refractivity contribution in [2.75, 3.05) is 5.32 Å². The minimum atomic E-state index is 0.658. The summed E-state index contributed by atoms with van der Waals surface area (Å²) in [6, 6.07) is 8.60. The summed E-state index contributed by atoms with van der Waals surface area (Å²) in [4.78, 5) is 0. The first kappa shape index (κ1) is 7.35. The van der Waals surface area contributed by atoms with Gasteiger partial charge in [-0.1, -0.05) is 18.2 Å². The molecule has 1 aliphatic rings. The Labute approximate surface area is 72.1 Å². The SMILES string of the molecule is N=Cc1ccccc1NC1CC1. The van der Waals surface area contributed by atoms with Crippen LogP contribution in [-0.4, -0.2) is 12.3 Å². The van der Waals surface area contributed by atoms with Gasteiger partial charge in [0.25, 0.3) is 0 Å². The standard InChI is InChI=1S/C10H12N2/c11-7-8-3-1-2-4-10(8)12-9-5-6-9/h1-4,7,9,11-12H,5-6H2. The van der Waals surface area contributed by atoms with Gasteiger partial charge in [-0.15, -0.1) is 0 Å². The summed E-state index contributed by atoms with van der Waals surface area (Å²) in [6.07, 6.45) is 3.93. The van der Waals surface area contributed by atoms with E-state index in [4.69, 9.17) is 5.41 Å². The van der Waals surface area contributed by atoms with Crippen LogP contribution in [0.2, 0.25) is 0 Å². The van der Waals surface area contributed by atoms with Crippen molar-refractivity contribution in [3.8, 4) is 0 Å². The first-order chi connectivity index (χ1) is 5.90. The predicted octanol–water partition coefficient (Wildman–Crippen LogP) is 2.26. The fourth-order valence-corrected chi connectivity index (χ4v) is 1.20. The number of nitrogens with one attached hydrogen (secondary N) is 2. The quantitative estimate of drug-likeness (QED) is 0.654. The van der Waals surface area contributed by atoms with Crippen LogP contribution in [0.5, 0.6) is 0 Å². The van der Waals surface area contributed by atoms with Crippen molar-refractivity contribution in [1.82, 2.24) is 0 Å². The van der Waals surface area contributed by atoms with Gasteiger partial charge in [0.15, 0.2) is 0 Å². The Bertz CT molecular complexity index is 290. The first-order valence-corrected chi connectivity index (χ1v) is 4.26. The Balaban J connectivity index is 2.20. The molecule has 12 heavy (non-hydrogen) atoms. The third-order valence-corrected chi connectivity index (χ3v) is 2.05. The molecule has 0 atom stereocenters. The average Bonchev–Trinajstić information content (AvgIpc) is 2.89. The van der Waals surface area contributed by atoms with Gasteiger partial charge in [-0.05, 0) is 18.9 Å². The van der Waals surface area contributed by atoms with Crippen molar-refractivity contribution < 1.29 is 0 Å². The van der Waals surface area contributed by atoms with Gasteiger partial charge in [-0.3, -0.25) is 0 Å². The molecule has 1 aromatic carbocycles. The smallest absolute Gasteiger partial charge is 0.0431 e. The van der Waals surface area contributed by atoms with Gasteiger partial charge in [0, 0.05) is 23.5 Å². The van der Waals surface area contributed by atoms with Gasteiger partial charge in [0.1, 0.15) is 0 Å². The van der Waals surface area contributed by atoms with E-state index in [-0.39, 0.29) is 0 Å². The molecule has 2 heteroatoms. The Morgan fingerprint density at radius 3 is 2.75 bits per heavy atom. The fourth-order valence-electron chi connectivity index (χ4n) is 1.20. The molecule has 2 nitrogen and oxygen atoms in total. The number of hydrogen-bond donors (Lipinski definition) is 2. The van der Waals surface area contributed by atoms with Gasteiger partial charge in [0.2, 0.25) is 0 Å². The molecule has 2 N–H and O–H groups in total. The topological polar surface area (TPSA) is 35.9 Å². The van der Waals surface area contributed by atoms with E-state index in [0.717, 1.165) is 11.3 Å². The van der Waals surface area contributed by atoms with Crippen molar-refractivity contribution in [3.05, 3.63) is 29.8 Å². The van der Waals surface area contributed by atoms with Gasteiger partial charge in [-0.25, -0.2) is 0 Å². The third-order valence-electron chi connectivity index (χ3n) is 2.05. The number of hydrogen-bond acceptors (Lipinski definition) is 2. The molecule has 2 rings (SSSR count). The van der Waals surface area contributed by atoms with E-state index < -0.39 is 0 Å². The summed E-state index contributed by atoms with van der Waals surface area (Å²) < 4.78 is 0. The molecule has 1 fully saturated rings. The minimum absolute atomic E-state index is 0.658. The van der Waals surface area contributed by atoms with Crippen molar-refractivity contribution >= 4 is 11.9 Å². The molecule has 0 spiro atoms. The van der Waals surface area contributed by atoms with Crippen LogP contribution in [-0.2, 0) is 0 Å². The van der Waals surface area contributed by atoms with Crippen LogP contribution in [0.3, 0.4) is 0 Å². The first-order valence-electron chi connectivity index (χ1n) is 4.26. The summed E-state index contributed by atoms with van der Waals surface area (Å²) in [5.74, 6) is 0. The van der Waals surface area contributed by atoms with E-state index in [0.29, 0.717) is 6.04 Å². The molecule has 1 saturated carbocycles. The molecule has 62 valence electrons. The highest BCUT2D eigenvalue weighted by molar-refractivity contribution is 5.85. The molecule has 0 aromatic heterocycles. The van der Waals surface area contributed by atoms with Gasteiger partial charge in [0.05, 0.1) is 0 Å². The molecule has 0 saturated heterocycles. The Kier molecular flexibility index (Phi) is 1.82. The molecule has 0 heterocycles. The Hall–Kier alpha value is -1.31. The largest absolute Gasteiger partial charge is 0.382 e. The van der Waals surface area contributed by atoms with Crippen molar-refractivity contribution in [2.24, 2.45) is 0 Å². The van der Waals surface area contributed by atoms with Crippen molar-refractivity contribution in [1.29, 1.82) is 5.41 Å². The Morgan fingerprint density at radius 2 is 2.08 bits per heavy atom. The Morgan fingerprint density at radius 1 is 1.33 bits per heavy atom. The second-order valence-corrected chi connectivity index (χ2v) is 3.15. The monoisotopic (exact) mass is 160 g/mol. The van der Waals surface area contributed by atoms with Crippen LogP contribution in [0.1, 0.15) is 18.4 Å². The molecule has 0 bridgehead atoms. The highest BCUT2D eigenvalue weighted by Crippen LogP contribution is 2.25. The van der Waals surface area contributed by atoms with Gasteiger partial charge in [-0.2, -0.15) is 0 Å². The zero-order chi connectivity index (χ0) is 8.39. The number of para-hydroxylation sites is 1. The van der Waals surface area contributed by atoms with Gasteiger partial charge < -0.3 is 10.7 Å². The lowest BCUT2D eigenvalue weighted by molar-refractivity contribution is 1.15.